The van der Waals surface area contributed by atoms with Crippen LogP contribution in [0.3, 0.4) is 0 Å². The third-order valence-corrected chi connectivity index (χ3v) is 9.76. The molecule has 0 aliphatic heterocycles. The number of phenolic OH excluding ortho intramolecular Hbond substituents is 2. The number of halogens is 5. The van der Waals surface area contributed by atoms with Gasteiger partial charge in [-0.2, -0.15) is 12.8 Å². The average molecular weight is 1960 g/mol. The molecule has 0 spiro atoms. The maximum atomic E-state index is 13.2. The summed E-state index contributed by atoms with van der Waals surface area (Å²) in [5.41, 5.74) is 3.34. The van der Waals surface area contributed by atoms with E-state index >= 15 is 0 Å². The van der Waals surface area contributed by atoms with Crippen molar-refractivity contribution in [1.82, 2.24) is 0 Å². The Morgan fingerprint density at radius 2 is 0.555 bits per heavy atom. The summed E-state index contributed by atoms with van der Waals surface area (Å²) in [4.78, 5) is 62.6. The summed E-state index contributed by atoms with van der Waals surface area (Å²) in [6.07, 6.45) is 3.53. The molecule has 4 radical (unpaired) electrons. The number of carboxylic acids is 5. The van der Waals surface area contributed by atoms with Gasteiger partial charge in [-0.25, -0.2) is 46.3 Å². The number of rotatable bonds is 12. The molecule has 110 heavy (non-hydrogen) atoms. The van der Waals surface area contributed by atoms with Crippen molar-refractivity contribution >= 4 is 58.4 Å². The number of carbonyl (C=O) groups is 6. The van der Waals surface area contributed by atoms with Gasteiger partial charge in [0, 0.05) is 131 Å². The summed E-state index contributed by atoms with van der Waals surface area (Å²) < 4.78 is 66.8. The summed E-state index contributed by atoms with van der Waals surface area (Å²) in [7, 11) is 1.28. The van der Waals surface area contributed by atoms with Gasteiger partial charge < -0.3 is 93.5 Å². The molecule has 0 saturated carbocycles. The Balaban J connectivity index is -0.0000000633. The Morgan fingerprint density at radius 1 is 0.355 bits per heavy atom. The number of aromatic hydroxyl groups is 2. The van der Waals surface area contributed by atoms with Gasteiger partial charge in [-0.3, -0.25) is 0 Å². The van der Waals surface area contributed by atoms with Gasteiger partial charge in [0.1, 0.15) is 0 Å². The predicted octanol–water partition coefficient (Wildman–Crippen LogP) is 24.8. The van der Waals surface area contributed by atoms with E-state index in [1.165, 1.54) is 53.0 Å². The minimum Gasteiger partial charge on any atom is -0.505 e. The number of aromatic carboxylic acids is 5. The quantitative estimate of drug-likeness (QED) is 0.0197. The van der Waals surface area contributed by atoms with Crippen LogP contribution in [0.15, 0.2) is 194 Å². The first-order valence-corrected chi connectivity index (χ1v) is 34.6. The van der Waals surface area contributed by atoms with Crippen molar-refractivity contribution in [3.8, 4) is 23.0 Å². The molecule has 612 valence electrons. The largest absolute Gasteiger partial charge is 0.505 e. The zero-order valence-electron chi connectivity index (χ0n) is 68.8. The molecule has 0 atom stereocenters. The number of aryl methyl sites for hydroxylation is 2. The van der Waals surface area contributed by atoms with Crippen LogP contribution < -0.4 is 9.47 Å². The van der Waals surface area contributed by atoms with Crippen LogP contribution in [0.4, 0.5) is 17.6 Å². The Bertz CT molecular complexity index is 3180. The van der Waals surface area contributed by atoms with Gasteiger partial charge in [0.15, 0.2) is 46.3 Å². The number of carbonyl (C=O) groups excluding carboxylic acids is 1. The van der Waals surface area contributed by atoms with Crippen LogP contribution in [0.5, 0.6) is 23.0 Å². The number of alkyl halides is 1. The monoisotopic (exact) mass is 1960 g/mol. The normalized spacial score (nSPS) is 7.83. The number of phenols is 2. The topological polar surface area (TPSA) is 272 Å². The molecule has 0 heterocycles. The van der Waals surface area contributed by atoms with Crippen LogP contribution in [0, 0.1) is 80.7 Å². The number of benzene rings is 8. The van der Waals surface area contributed by atoms with Crippen molar-refractivity contribution in [3.05, 3.63) is 305 Å². The maximum Gasteiger partial charge on any atom is 0.337 e. The molecule has 16 nitrogen and oxygen atoms in total. The molecule has 25 heteroatoms. The zero-order valence-corrected chi connectivity index (χ0v) is 82.4. The fourth-order valence-electron chi connectivity index (χ4n) is 5.55. The summed E-state index contributed by atoms with van der Waals surface area (Å²) in [5, 5.41) is 59.6. The average Bonchev–Trinajstić information content (AvgIpc) is 0.878. The second-order valence-corrected chi connectivity index (χ2v) is 19.2. The summed E-state index contributed by atoms with van der Waals surface area (Å²) in [5.74, 6) is -9.62. The molecule has 0 unspecified atom stereocenters. The number of carboxylic acid groups (broad SMARTS) is 5. The molecule has 0 aliphatic carbocycles. The molecule has 8 aromatic carbocycles. The molecule has 0 amide bonds. The minimum atomic E-state index is -1.19. The number of esters is 1. The third-order valence-electron chi connectivity index (χ3n) is 9.76. The summed E-state index contributed by atoms with van der Waals surface area (Å²) in [6.45, 7) is 41.9. The van der Waals surface area contributed by atoms with Crippen molar-refractivity contribution in [3.63, 3.8) is 0 Å². The number of methoxy groups -OCH3 is 1. The number of hydrogen-bond acceptors (Lipinski definition) is 11. The van der Waals surface area contributed by atoms with Crippen molar-refractivity contribution < 1.29 is 227 Å². The van der Waals surface area contributed by atoms with Crippen LogP contribution in [0.25, 0.3) is 0 Å². The SMILES string of the molecule is CC.CC.CC.CC.CC.CCCOc1cc(C(=O)O)ccc1F.CCCOc1cc(C(=O)OC)ccc1F.CCI.Cc1ccccc1.Cc1ccccc1.O=C(O)c1ccc(F)c(O)c1.O=C(O)c1ccc(F)c(O)c1.O=C(O)c1ccccc1.O=C(O)c1ccccc1.[CH2-]CC.[CH2-]CC.[CH3-].[CH3-].[CH3-].[CH3-].[Y].[Y].[Y].[Y]. The van der Waals surface area contributed by atoms with Crippen LogP contribution in [0.1, 0.15) is 203 Å². The van der Waals surface area contributed by atoms with Gasteiger partial charge in [-0.1, -0.05) is 235 Å². The Hall–Kier alpha value is -5.35. The molecule has 0 aliphatic rings. The maximum absolute atomic E-state index is 13.2. The molecule has 7 N–H and O–H groups in total. The standard InChI is InChI=1S/C11H13FO3.C10H11FO3.2C7H5FO3.2C7H6O2.2C7H8.2C3H7.C2H5I.5C2H6.4CH3.4Y/c1-3-6-15-10-7-8(11(13)14-2)4-5-9(10)12;1-2-5-14-9-6-7(10(12)13)3-4-8(9)11;2*8-5-2-1-4(7(10)11)3-6(5)9;2*8-7(9)6-4-2-1-3-5-6;2*1-7-5-3-2-4-6-7;2*1-3-2;1-2-3;5*1-2;;;;;;;;/h4-5,7H,3,6H2,1-2H3;3-4,6H,2,5H2,1H3,(H,12,13);2*1-3,9H,(H,10,11);2*1-5H,(H,8,9);2*2-6H,1H3;2*1,3H2,2H3;2H2,1H3;5*1-2H3;4*1H3;;;;/q;;;;;;;;2*-1;;;;;;;4*-1;;;;. The van der Waals surface area contributed by atoms with Crippen LogP contribution >= 0.6 is 22.6 Å². The first-order chi connectivity index (χ1) is 48.7. The molecule has 0 fully saturated rings. The van der Waals surface area contributed by atoms with Gasteiger partial charge in [0.25, 0.3) is 0 Å². The van der Waals surface area contributed by atoms with Gasteiger partial charge in [0.05, 0.1) is 53.7 Å². The van der Waals surface area contributed by atoms with Crippen molar-refractivity contribution in [2.45, 2.75) is 143 Å². The number of hydrogen-bond donors (Lipinski definition) is 7. The van der Waals surface area contributed by atoms with Gasteiger partial charge in [0.2, 0.25) is 0 Å². The molecule has 0 bridgehead atoms. The van der Waals surface area contributed by atoms with E-state index in [-0.39, 0.29) is 194 Å². The molecule has 8 rings (SSSR count). The van der Waals surface area contributed by atoms with E-state index in [0.29, 0.717) is 24.3 Å². The van der Waals surface area contributed by atoms with Crippen LogP contribution in [0.2, 0.25) is 0 Å². The fourth-order valence-corrected chi connectivity index (χ4v) is 5.55. The second-order valence-electron chi connectivity index (χ2n) is 17.6. The molecule has 0 aromatic heterocycles. The van der Waals surface area contributed by atoms with Gasteiger partial charge >= 0.3 is 35.8 Å². The molecular formula is C85H123F4IO16Y4-6. The number of ether oxygens (including phenoxy) is 3. The summed E-state index contributed by atoms with van der Waals surface area (Å²) in [6, 6.07) is 50.2. The molecule has 0 saturated heterocycles. The van der Waals surface area contributed by atoms with E-state index in [1.807, 2.05) is 133 Å². The summed E-state index contributed by atoms with van der Waals surface area (Å²) >= 11 is 2.29. The van der Waals surface area contributed by atoms with E-state index in [9.17, 15) is 46.3 Å². The molecule has 8 aromatic rings. The van der Waals surface area contributed by atoms with E-state index in [1.54, 1.807) is 60.7 Å². The van der Waals surface area contributed by atoms with E-state index in [0.717, 1.165) is 68.1 Å². The first-order valence-electron chi connectivity index (χ1n) is 33.0. The second kappa shape index (κ2) is 104. The minimum absolute atomic E-state index is 0. The van der Waals surface area contributed by atoms with E-state index in [2.05, 4.69) is 86.2 Å². The van der Waals surface area contributed by atoms with Crippen LogP contribution in [-0.4, -0.2) is 96.3 Å². The predicted molar refractivity (Wildman–Crippen MR) is 440 cm³/mol. The van der Waals surface area contributed by atoms with E-state index < -0.39 is 70.6 Å². The Morgan fingerprint density at radius 3 is 0.736 bits per heavy atom. The van der Waals surface area contributed by atoms with Gasteiger partial charge in [-0.15, -0.1) is 0 Å². The fraction of sp³-hybridized carbons (Fsp3) is 0.294. The smallest absolute Gasteiger partial charge is 0.337 e. The van der Waals surface area contributed by atoms with Gasteiger partial charge in [-0.05, 0) is 128 Å². The Kier molecular flexibility index (Phi) is 135. The van der Waals surface area contributed by atoms with Crippen molar-refractivity contribution in [1.29, 1.82) is 0 Å². The van der Waals surface area contributed by atoms with Crippen LogP contribution in [-0.2, 0) is 136 Å². The van der Waals surface area contributed by atoms with Crippen molar-refractivity contribution in [2.75, 3.05) is 24.8 Å². The van der Waals surface area contributed by atoms with E-state index in [4.69, 9.17) is 45.2 Å². The zero-order chi connectivity index (χ0) is 80.4. The third kappa shape index (κ3) is 83.6. The molecular weight excluding hydrogens is 1840 g/mol. The van der Waals surface area contributed by atoms with Crippen molar-refractivity contribution in [2.24, 2.45) is 0 Å². The first kappa shape index (κ1) is 143. The Labute approximate surface area is 773 Å².